The van der Waals surface area contributed by atoms with Crippen LogP contribution < -0.4 is 10.6 Å². The summed E-state index contributed by atoms with van der Waals surface area (Å²) in [7, 11) is 1.42. The minimum atomic E-state index is -0.508. The SMILES string of the molecule is CCCSc1nc([C@]2(CC(=O)OC)CCNC2)ccc1C(=O)N[C@H]1C2CC3CC1C[C@@](O)(C3)C2. The van der Waals surface area contributed by atoms with Crippen LogP contribution in [0.4, 0.5) is 0 Å². The number of nitrogens with zero attached hydrogens (tertiary/aromatic N) is 1. The monoisotopic (exact) mass is 487 g/mol. The zero-order chi connectivity index (χ0) is 23.9. The van der Waals surface area contributed by atoms with Crippen molar-refractivity contribution in [2.24, 2.45) is 17.8 Å². The van der Waals surface area contributed by atoms with Gasteiger partial charge in [0.1, 0.15) is 5.03 Å². The Bertz CT molecular complexity index is 932. The molecule has 0 spiro atoms. The fraction of sp³-hybridized carbons (Fsp3) is 0.731. The molecule has 4 saturated carbocycles. The number of hydrogen-bond acceptors (Lipinski definition) is 7. The zero-order valence-corrected chi connectivity index (χ0v) is 21.1. The van der Waals surface area contributed by atoms with Crippen molar-refractivity contribution in [2.45, 2.75) is 80.4 Å². The number of carbonyl (C=O) groups excluding carboxylic acids is 2. The van der Waals surface area contributed by atoms with Gasteiger partial charge in [0.25, 0.3) is 5.91 Å². The van der Waals surface area contributed by atoms with Crippen LogP contribution in [0.3, 0.4) is 0 Å². The Morgan fingerprint density at radius 1 is 1.26 bits per heavy atom. The first kappa shape index (κ1) is 24.1. The van der Waals surface area contributed by atoms with Crippen LogP contribution in [-0.2, 0) is 14.9 Å². The van der Waals surface area contributed by atoms with E-state index >= 15 is 0 Å². The molecule has 0 radical (unpaired) electrons. The van der Waals surface area contributed by atoms with E-state index in [-0.39, 0.29) is 24.3 Å². The molecule has 5 fully saturated rings. The van der Waals surface area contributed by atoms with Crippen LogP contribution in [0.25, 0.3) is 0 Å². The van der Waals surface area contributed by atoms with E-state index in [4.69, 9.17) is 9.72 Å². The lowest BCUT2D eigenvalue weighted by Crippen LogP contribution is -2.61. The van der Waals surface area contributed by atoms with Gasteiger partial charge in [-0.05, 0) is 87.1 Å². The first-order valence-electron chi connectivity index (χ1n) is 12.8. The van der Waals surface area contributed by atoms with Gasteiger partial charge in [-0.25, -0.2) is 4.98 Å². The molecule has 3 atom stereocenters. The van der Waals surface area contributed by atoms with Crippen LogP contribution in [0.1, 0.15) is 74.3 Å². The smallest absolute Gasteiger partial charge is 0.306 e. The highest BCUT2D eigenvalue weighted by atomic mass is 32.2. The van der Waals surface area contributed by atoms with Crippen molar-refractivity contribution in [3.05, 3.63) is 23.4 Å². The van der Waals surface area contributed by atoms with Crippen molar-refractivity contribution in [3.8, 4) is 0 Å². The van der Waals surface area contributed by atoms with E-state index in [1.54, 1.807) is 11.8 Å². The molecule has 4 bridgehead atoms. The summed E-state index contributed by atoms with van der Waals surface area (Å²) in [6.07, 6.45) is 6.86. The maximum Gasteiger partial charge on any atom is 0.306 e. The van der Waals surface area contributed by atoms with Crippen molar-refractivity contribution in [2.75, 3.05) is 26.0 Å². The van der Waals surface area contributed by atoms with Gasteiger partial charge < -0.3 is 20.5 Å². The number of methoxy groups -OCH3 is 1. The first-order valence-corrected chi connectivity index (χ1v) is 13.8. The van der Waals surface area contributed by atoms with Gasteiger partial charge in [-0.2, -0.15) is 0 Å². The lowest BCUT2D eigenvalue weighted by atomic mass is 9.52. The largest absolute Gasteiger partial charge is 0.469 e. The Balaban J connectivity index is 1.39. The number of nitrogens with one attached hydrogen (secondary N) is 2. The first-order chi connectivity index (χ1) is 16.3. The molecule has 1 saturated heterocycles. The summed E-state index contributed by atoms with van der Waals surface area (Å²) < 4.78 is 4.97. The number of rotatable bonds is 8. The van der Waals surface area contributed by atoms with E-state index in [0.29, 0.717) is 29.9 Å². The number of aliphatic hydroxyl groups is 1. The van der Waals surface area contributed by atoms with Crippen LogP contribution >= 0.6 is 11.8 Å². The average Bonchev–Trinajstić information content (AvgIpc) is 3.28. The fourth-order valence-electron chi connectivity index (χ4n) is 7.22. The summed E-state index contributed by atoms with van der Waals surface area (Å²) in [5.41, 5.74) is 0.566. The number of hydrogen-bond donors (Lipinski definition) is 3. The highest BCUT2D eigenvalue weighted by molar-refractivity contribution is 7.99. The highest BCUT2D eigenvalue weighted by Gasteiger charge is 2.55. The van der Waals surface area contributed by atoms with Crippen molar-refractivity contribution in [3.63, 3.8) is 0 Å². The average molecular weight is 488 g/mol. The molecule has 1 aliphatic heterocycles. The van der Waals surface area contributed by atoms with E-state index in [9.17, 15) is 14.7 Å². The highest BCUT2D eigenvalue weighted by Crippen LogP contribution is 2.55. The minimum absolute atomic E-state index is 0.0614. The summed E-state index contributed by atoms with van der Waals surface area (Å²) >= 11 is 1.61. The fourth-order valence-corrected chi connectivity index (χ4v) is 8.09. The van der Waals surface area contributed by atoms with Crippen molar-refractivity contribution in [1.29, 1.82) is 0 Å². The Kier molecular flexibility index (Phi) is 6.68. The summed E-state index contributed by atoms with van der Waals surface area (Å²) in [4.78, 5) is 30.7. The topological polar surface area (TPSA) is 101 Å². The minimum Gasteiger partial charge on any atom is -0.469 e. The van der Waals surface area contributed by atoms with Gasteiger partial charge in [0.15, 0.2) is 0 Å². The van der Waals surface area contributed by atoms with Gasteiger partial charge in [0.05, 0.1) is 24.7 Å². The van der Waals surface area contributed by atoms with Gasteiger partial charge in [-0.3, -0.25) is 9.59 Å². The lowest BCUT2D eigenvalue weighted by molar-refractivity contribution is -0.142. The second kappa shape index (κ2) is 9.43. The molecule has 3 N–H and O–H groups in total. The van der Waals surface area contributed by atoms with Crippen molar-refractivity contribution in [1.82, 2.24) is 15.6 Å². The molecule has 5 aliphatic rings. The molecule has 4 aliphatic carbocycles. The Labute approximate surface area is 206 Å². The molecule has 2 heterocycles. The number of aromatic nitrogens is 1. The normalized spacial score (nSPS) is 36.0. The van der Waals surface area contributed by atoms with E-state index in [1.165, 1.54) is 7.11 Å². The summed E-state index contributed by atoms with van der Waals surface area (Å²) in [6.45, 7) is 3.62. The third-order valence-electron chi connectivity index (χ3n) is 8.58. The maximum absolute atomic E-state index is 13.5. The molecule has 0 aromatic carbocycles. The molecule has 6 rings (SSSR count). The number of thioether (sulfide) groups is 1. The van der Waals surface area contributed by atoms with Crippen molar-refractivity contribution < 1.29 is 19.4 Å². The standard InChI is InChI=1S/C26H37N3O4S/c1-3-8-34-24-19(4-5-20(28-24)25(6-7-27-15-25)14-21(30)33-2)23(31)29-22-17-9-16-10-18(22)13-26(32,11-16)12-17/h4-5,16-18,22,27,32H,3,6-15H2,1-2H3,(H,29,31)/t16?,17?,18?,22-,25-,26+/m0/s1. The quantitative estimate of drug-likeness (QED) is 0.383. The third kappa shape index (κ3) is 4.49. The van der Waals surface area contributed by atoms with Crippen LogP contribution in [0.15, 0.2) is 17.2 Å². The number of esters is 1. The van der Waals surface area contributed by atoms with Crippen LogP contribution in [0.5, 0.6) is 0 Å². The van der Waals surface area contributed by atoms with Crippen LogP contribution in [0.2, 0.25) is 0 Å². The molecule has 1 aromatic heterocycles. The van der Waals surface area contributed by atoms with Crippen LogP contribution in [-0.4, -0.2) is 59.6 Å². The third-order valence-corrected chi connectivity index (χ3v) is 9.78. The predicted molar refractivity (Wildman–Crippen MR) is 131 cm³/mol. The Hall–Kier alpha value is -1.64. The molecule has 34 heavy (non-hydrogen) atoms. The second-order valence-electron chi connectivity index (χ2n) is 11.1. The zero-order valence-electron chi connectivity index (χ0n) is 20.3. The summed E-state index contributed by atoms with van der Waals surface area (Å²) in [5.74, 6) is 1.92. The van der Waals surface area contributed by atoms with E-state index < -0.39 is 11.0 Å². The number of carbonyl (C=O) groups is 2. The van der Waals surface area contributed by atoms with Gasteiger partial charge in [0.2, 0.25) is 0 Å². The van der Waals surface area contributed by atoms with E-state index in [1.807, 2.05) is 12.1 Å². The van der Waals surface area contributed by atoms with Gasteiger partial charge in [-0.15, -0.1) is 11.8 Å². The molecule has 2 unspecified atom stereocenters. The molecule has 1 amide bonds. The maximum atomic E-state index is 13.5. The van der Waals surface area contributed by atoms with E-state index in [0.717, 1.165) is 68.0 Å². The van der Waals surface area contributed by atoms with Gasteiger partial charge in [-0.1, -0.05) is 6.92 Å². The Morgan fingerprint density at radius 3 is 2.65 bits per heavy atom. The molecule has 7 nitrogen and oxygen atoms in total. The van der Waals surface area contributed by atoms with E-state index in [2.05, 4.69) is 17.6 Å². The van der Waals surface area contributed by atoms with Crippen molar-refractivity contribution >= 4 is 23.6 Å². The summed E-state index contributed by atoms with van der Waals surface area (Å²) in [5, 5.41) is 18.4. The van der Waals surface area contributed by atoms with Crippen LogP contribution in [0, 0.1) is 17.8 Å². The lowest BCUT2D eigenvalue weighted by Gasteiger charge is -2.58. The predicted octanol–water partition coefficient (Wildman–Crippen LogP) is 3.05. The second-order valence-corrected chi connectivity index (χ2v) is 12.1. The molecular formula is C26H37N3O4S. The molecular weight excluding hydrogens is 450 g/mol. The number of amides is 1. The summed E-state index contributed by atoms with van der Waals surface area (Å²) in [6, 6.07) is 3.97. The molecule has 1 aromatic rings. The van der Waals surface area contributed by atoms with Gasteiger partial charge >= 0.3 is 5.97 Å². The Morgan fingerprint density at radius 2 is 2.03 bits per heavy atom. The molecule has 8 heteroatoms. The number of ether oxygens (including phenoxy) is 1. The number of pyridine rings is 1. The molecule has 186 valence electrons. The van der Waals surface area contributed by atoms with Gasteiger partial charge in [0, 0.05) is 23.7 Å².